The van der Waals surface area contributed by atoms with Crippen LogP contribution in [0.2, 0.25) is 0 Å². The fourth-order valence-corrected chi connectivity index (χ4v) is 2.76. The van der Waals surface area contributed by atoms with Gasteiger partial charge in [-0.15, -0.1) is 12.4 Å². The average Bonchev–Trinajstić information content (AvgIpc) is 2.64. The van der Waals surface area contributed by atoms with E-state index in [1.807, 2.05) is 44.2 Å². The van der Waals surface area contributed by atoms with Crippen LogP contribution in [-0.4, -0.2) is 48.5 Å². The van der Waals surface area contributed by atoms with Crippen LogP contribution in [0.3, 0.4) is 0 Å². The zero-order chi connectivity index (χ0) is 18.2. The molecule has 0 saturated carbocycles. The van der Waals surface area contributed by atoms with Gasteiger partial charge in [-0.2, -0.15) is 0 Å². The summed E-state index contributed by atoms with van der Waals surface area (Å²) >= 11 is 0. The number of halogens is 1. The van der Waals surface area contributed by atoms with Gasteiger partial charge in [0.25, 0.3) is 0 Å². The first kappa shape index (κ1) is 22.4. The van der Waals surface area contributed by atoms with Gasteiger partial charge in [-0.25, -0.2) is 0 Å². The lowest BCUT2D eigenvalue weighted by Crippen LogP contribution is -2.49. The van der Waals surface area contributed by atoms with Crippen LogP contribution in [0.15, 0.2) is 30.3 Å². The van der Waals surface area contributed by atoms with E-state index in [4.69, 9.17) is 10.5 Å². The van der Waals surface area contributed by atoms with E-state index in [9.17, 15) is 9.59 Å². The van der Waals surface area contributed by atoms with Gasteiger partial charge in [0.05, 0.1) is 25.3 Å². The van der Waals surface area contributed by atoms with E-state index in [1.165, 1.54) is 0 Å². The number of amides is 2. The predicted molar refractivity (Wildman–Crippen MR) is 104 cm³/mol. The van der Waals surface area contributed by atoms with E-state index in [0.29, 0.717) is 19.7 Å². The molecule has 1 aromatic carbocycles. The lowest BCUT2D eigenvalue weighted by atomic mass is 10.1. The van der Waals surface area contributed by atoms with Crippen molar-refractivity contribution < 1.29 is 14.3 Å². The van der Waals surface area contributed by atoms with Crippen LogP contribution in [0.25, 0.3) is 0 Å². The molecule has 6 nitrogen and oxygen atoms in total. The summed E-state index contributed by atoms with van der Waals surface area (Å²) in [7, 11) is 0. The van der Waals surface area contributed by atoms with E-state index in [1.54, 1.807) is 4.90 Å². The van der Waals surface area contributed by atoms with E-state index in [2.05, 4.69) is 5.32 Å². The van der Waals surface area contributed by atoms with Gasteiger partial charge < -0.3 is 20.7 Å². The highest BCUT2D eigenvalue weighted by molar-refractivity contribution is 5.87. The summed E-state index contributed by atoms with van der Waals surface area (Å²) in [6.07, 6.45) is 1.81. The molecule has 0 bridgehead atoms. The maximum Gasteiger partial charge on any atom is 0.241 e. The van der Waals surface area contributed by atoms with Crippen LogP contribution in [0.5, 0.6) is 0 Å². The molecule has 7 heteroatoms. The number of benzene rings is 1. The first-order valence-electron chi connectivity index (χ1n) is 8.94. The number of hydrogen-bond acceptors (Lipinski definition) is 4. The Bertz CT molecular complexity index is 560. The van der Waals surface area contributed by atoms with Crippen LogP contribution in [0.1, 0.15) is 32.3 Å². The molecule has 2 amide bonds. The number of carbonyl (C=O) groups excluding carboxylic acids is 2. The standard InChI is InChI=1S/C19H29N3O3.ClH/c1-14(2)18(20)19(24)21-12-17(23)22-10-8-16(9-11-22)25-13-15-6-4-3-5-7-15;/h3-7,14,16,18H,8-13,20H2,1-2H3,(H,21,24);1H/t18-;/m0./s1. The molecule has 0 spiro atoms. The van der Waals surface area contributed by atoms with E-state index in [-0.39, 0.29) is 42.8 Å². The maximum atomic E-state index is 12.2. The number of nitrogens with two attached hydrogens (primary N) is 1. The lowest BCUT2D eigenvalue weighted by molar-refractivity contribution is -0.135. The SMILES string of the molecule is CC(C)[C@H](N)C(=O)NCC(=O)N1CCC(OCc2ccccc2)CC1.Cl. The molecule has 1 aromatic rings. The van der Waals surface area contributed by atoms with Gasteiger partial charge in [0.15, 0.2) is 0 Å². The Balaban J connectivity index is 0.00000338. The van der Waals surface area contributed by atoms with Crippen molar-refractivity contribution in [2.24, 2.45) is 11.7 Å². The molecule has 1 fully saturated rings. The molecule has 1 atom stereocenters. The Morgan fingerprint density at radius 3 is 2.42 bits per heavy atom. The van der Waals surface area contributed by atoms with E-state index >= 15 is 0 Å². The zero-order valence-electron chi connectivity index (χ0n) is 15.5. The Labute approximate surface area is 161 Å². The van der Waals surface area contributed by atoms with Crippen molar-refractivity contribution >= 4 is 24.2 Å². The summed E-state index contributed by atoms with van der Waals surface area (Å²) < 4.78 is 5.93. The molecule has 0 aliphatic carbocycles. The molecule has 0 unspecified atom stereocenters. The Kier molecular flexibility index (Phi) is 9.62. The van der Waals surface area contributed by atoms with Crippen molar-refractivity contribution in [1.82, 2.24) is 10.2 Å². The molecule has 0 radical (unpaired) electrons. The number of nitrogens with one attached hydrogen (secondary N) is 1. The largest absolute Gasteiger partial charge is 0.373 e. The fourth-order valence-electron chi connectivity index (χ4n) is 2.76. The minimum Gasteiger partial charge on any atom is -0.373 e. The monoisotopic (exact) mass is 383 g/mol. The highest BCUT2D eigenvalue weighted by Gasteiger charge is 2.24. The number of hydrogen-bond donors (Lipinski definition) is 2. The number of carbonyl (C=O) groups is 2. The summed E-state index contributed by atoms with van der Waals surface area (Å²) in [5.41, 5.74) is 6.93. The third-order valence-corrected chi connectivity index (χ3v) is 4.56. The van der Waals surface area contributed by atoms with Crippen molar-refractivity contribution in [2.75, 3.05) is 19.6 Å². The lowest BCUT2D eigenvalue weighted by Gasteiger charge is -2.32. The van der Waals surface area contributed by atoms with Crippen LogP contribution in [0, 0.1) is 5.92 Å². The smallest absolute Gasteiger partial charge is 0.241 e. The van der Waals surface area contributed by atoms with Crippen molar-refractivity contribution in [3.05, 3.63) is 35.9 Å². The summed E-state index contributed by atoms with van der Waals surface area (Å²) in [6, 6.07) is 9.50. The van der Waals surface area contributed by atoms with Gasteiger partial charge in [0.1, 0.15) is 0 Å². The molecule has 3 N–H and O–H groups in total. The van der Waals surface area contributed by atoms with E-state index in [0.717, 1.165) is 18.4 Å². The van der Waals surface area contributed by atoms with Crippen molar-refractivity contribution in [3.63, 3.8) is 0 Å². The fraction of sp³-hybridized carbons (Fsp3) is 0.579. The Morgan fingerprint density at radius 2 is 1.85 bits per heavy atom. The molecule has 26 heavy (non-hydrogen) atoms. The first-order chi connectivity index (χ1) is 12.0. The normalized spacial score (nSPS) is 16.1. The maximum absolute atomic E-state index is 12.2. The number of piperidine rings is 1. The van der Waals surface area contributed by atoms with Crippen molar-refractivity contribution in [3.8, 4) is 0 Å². The molecular weight excluding hydrogens is 354 g/mol. The summed E-state index contributed by atoms with van der Waals surface area (Å²) in [6.45, 7) is 5.69. The van der Waals surface area contributed by atoms with Gasteiger partial charge >= 0.3 is 0 Å². The average molecular weight is 384 g/mol. The van der Waals surface area contributed by atoms with Gasteiger partial charge in [-0.05, 0) is 24.3 Å². The van der Waals surface area contributed by atoms with Crippen LogP contribution in [0.4, 0.5) is 0 Å². The van der Waals surface area contributed by atoms with Gasteiger partial charge in [0.2, 0.25) is 11.8 Å². The second kappa shape index (κ2) is 11.2. The molecule has 0 aromatic heterocycles. The number of ether oxygens (including phenoxy) is 1. The van der Waals surface area contributed by atoms with Gasteiger partial charge in [-0.3, -0.25) is 9.59 Å². The summed E-state index contributed by atoms with van der Waals surface area (Å²) in [5, 5.41) is 2.63. The van der Waals surface area contributed by atoms with Crippen molar-refractivity contribution in [2.45, 2.75) is 45.4 Å². The molecule has 1 aliphatic rings. The zero-order valence-corrected chi connectivity index (χ0v) is 16.3. The summed E-state index contributed by atoms with van der Waals surface area (Å²) in [4.78, 5) is 25.8. The van der Waals surface area contributed by atoms with Gasteiger partial charge in [0, 0.05) is 13.1 Å². The third-order valence-electron chi connectivity index (χ3n) is 4.56. The topological polar surface area (TPSA) is 84.7 Å². The van der Waals surface area contributed by atoms with Crippen molar-refractivity contribution in [1.29, 1.82) is 0 Å². The first-order valence-corrected chi connectivity index (χ1v) is 8.94. The number of rotatable bonds is 7. The third kappa shape index (κ3) is 6.94. The summed E-state index contributed by atoms with van der Waals surface area (Å²) in [5.74, 6) is -0.289. The molecule has 2 rings (SSSR count). The van der Waals surface area contributed by atoms with Crippen LogP contribution >= 0.6 is 12.4 Å². The quantitative estimate of drug-likeness (QED) is 0.750. The minimum absolute atomic E-state index is 0. The highest BCUT2D eigenvalue weighted by atomic mass is 35.5. The number of likely N-dealkylation sites (tertiary alicyclic amines) is 1. The number of nitrogens with zero attached hydrogens (tertiary/aromatic N) is 1. The molecular formula is C19H30ClN3O3. The minimum atomic E-state index is -0.579. The second-order valence-electron chi connectivity index (χ2n) is 6.86. The molecule has 146 valence electrons. The Morgan fingerprint density at radius 1 is 1.23 bits per heavy atom. The van der Waals surface area contributed by atoms with Gasteiger partial charge in [-0.1, -0.05) is 44.2 Å². The molecule has 1 aliphatic heterocycles. The second-order valence-corrected chi connectivity index (χ2v) is 6.86. The molecule has 1 heterocycles. The Hall–Kier alpha value is -1.63. The van der Waals surface area contributed by atoms with E-state index < -0.39 is 6.04 Å². The highest BCUT2D eigenvalue weighted by Crippen LogP contribution is 2.15. The predicted octanol–water partition coefficient (Wildman–Crippen LogP) is 1.72. The van der Waals surface area contributed by atoms with Crippen LogP contribution < -0.4 is 11.1 Å². The van der Waals surface area contributed by atoms with Crippen LogP contribution in [-0.2, 0) is 20.9 Å². The molecule has 1 saturated heterocycles.